The van der Waals surface area contributed by atoms with Gasteiger partial charge < -0.3 is 10.0 Å². The summed E-state index contributed by atoms with van der Waals surface area (Å²) in [6.45, 7) is 1.16. The van der Waals surface area contributed by atoms with Crippen LogP contribution in [-0.2, 0) is 16.0 Å². The molecule has 0 spiro atoms. The maximum Gasteiger partial charge on any atom is 0.303 e. The molecule has 17 heavy (non-hydrogen) atoms. The Hall–Kier alpha value is -1.84. The summed E-state index contributed by atoms with van der Waals surface area (Å²) in [6, 6.07) is 9.58. The van der Waals surface area contributed by atoms with Gasteiger partial charge in [-0.2, -0.15) is 0 Å². The average molecular weight is 233 g/mol. The lowest BCUT2D eigenvalue weighted by Crippen LogP contribution is -2.51. The number of amides is 1. The molecule has 0 aromatic heterocycles. The van der Waals surface area contributed by atoms with Crippen LogP contribution in [0.2, 0.25) is 0 Å². The number of carbonyl (C=O) groups excluding carboxylic acids is 1. The lowest BCUT2D eigenvalue weighted by atomic mass is 9.95. The highest BCUT2D eigenvalue weighted by Gasteiger charge is 2.31. The summed E-state index contributed by atoms with van der Waals surface area (Å²) >= 11 is 0. The van der Waals surface area contributed by atoms with Gasteiger partial charge in [0.05, 0.1) is 12.8 Å². The lowest BCUT2D eigenvalue weighted by molar-refractivity contribution is -0.144. The molecule has 0 unspecified atom stereocenters. The van der Waals surface area contributed by atoms with E-state index in [0.717, 1.165) is 5.56 Å². The minimum atomic E-state index is -0.787. The van der Waals surface area contributed by atoms with Gasteiger partial charge in [0, 0.05) is 19.0 Å². The van der Waals surface area contributed by atoms with E-state index in [4.69, 9.17) is 5.11 Å². The van der Waals surface area contributed by atoms with Crippen LogP contribution in [0, 0.1) is 5.92 Å². The number of carboxylic acid groups (broad SMARTS) is 1. The third kappa shape index (κ3) is 3.06. The fourth-order valence-corrected chi connectivity index (χ4v) is 2.03. The molecule has 1 heterocycles. The minimum absolute atomic E-state index is 0.0813. The van der Waals surface area contributed by atoms with Gasteiger partial charge in [0.2, 0.25) is 5.91 Å². The van der Waals surface area contributed by atoms with Crippen molar-refractivity contribution in [3.8, 4) is 0 Å². The smallest absolute Gasteiger partial charge is 0.303 e. The lowest BCUT2D eigenvalue weighted by Gasteiger charge is -2.38. The van der Waals surface area contributed by atoms with Crippen molar-refractivity contribution in [3.63, 3.8) is 0 Å². The van der Waals surface area contributed by atoms with Crippen LogP contribution in [0.25, 0.3) is 0 Å². The van der Waals surface area contributed by atoms with E-state index in [0.29, 0.717) is 19.5 Å². The Morgan fingerprint density at radius 1 is 1.24 bits per heavy atom. The molecular weight excluding hydrogens is 218 g/mol. The number of rotatable bonds is 4. The molecule has 1 N–H and O–H groups in total. The van der Waals surface area contributed by atoms with Gasteiger partial charge in [-0.15, -0.1) is 0 Å². The number of carboxylic acids is 1. The number of aliphatic carboxylic acids is 1. The maximum absolute atomic E-state index is 11.8. The molecule has 1 amide bonds. The monoisotopic (exact) mass is 233 g/mol. The van der Waals surface area contributed by atoms with Crippen LogP contribution in [0.4, 0.5) is 0 Å². The zero-order valence-corrected chi connectivity index (χ0v) is 9.50. The Morgan fingerprint density at radius 3 is 2.47 bits per heavy atom. The predicted molar refractivity (Wildman–Crippen MR) is 62.5 cm³/mol. The molecule has 4 nitrogen and oxygen atoms in total. The van der Waals surface area contributed by atoms with E-state index in [1.54, 1.807) is 4.90 Å². The van der Waals surface area contributed by atoms with Gasteiger partial charge in [-0.25, -0.2) is 0 Å². The number of likely N-dealkylation sites (tertiary alicyclic amines) is 1. The Bertz CT molecular complexity index is 410. The fraction of sp³-hybridized carbons (Fsp3) is 0.385. The molecule has 0 atom stereocenters. The molecule has 0 saturated carbocycles. The van der Waals surface area contributed by atoms with Crippen LogP contribution >= 0.6 is 0 Å². The highest BCUT2D eigenvalue weighted by atomic mass is 16.4. The van der Waals surface area contributed by atoms with E-state index in [-0.39, 0.29) is 18.2 Å². The summed E-state index contributed by atoms with van der Waals surface area (Å²) in [5.74, 6) is -0.574. The number of hydrogen-bond donors (Lipinski definition) is 1. The van der Waals surface area contributed by atoms with Crippen molar-refractivity contribution in [3.05, 3.63) is 35.9 Å². The van der Waals surface area contributed by atoms with Gasteiger partial charge in [0.25, 0.3) is 0 Å². The Balaban J connectivity index is 1.78. The van der Waals surface area contributed by atoms with Gasteiger partial charge in [-0.05, 0) is 5.56 Å². The van der Waals surface area contributed by atoms with E-state index >= 15 is 0 Å². The summed E-state index contributed by atoms with van der Waals surface area (Å²) in [5, 5.41) is 8.61. The minimum Gasteiger partial charge on any atom is -0.481 e. The molecule has 0 radical (unpaired) electrons. The molecule has 90 valence electrons. The van der Waals surface area contributed by atoms with Crippen LogP contribution in [0.3, 0.4) is 0 Å². The van der Waals surface area contributed by atoms with Gasteiger partial charge in [-0.3, -0.25) is 9.59 Å². The van der Waals surface area contributed by atoms with E-state index in [1.165, 1.54) is 0 Å². The standard InChI is InChI=1S/C13H15NO3/c15-12(6-10-4-2-1-3-5-10)14-8-11(9-14)7-13(16)17/h1-5,11H,6-9H2,(H,16,17). The Labute approximate surface area is 99.9 Å². The summed E-state index contributed by atoms with van der Waals surface area (Å²) in [6.07, 6.45) is 0.565. The molecule has 1 aromatic carbocycles. The highest BCUT2D eigenvalue weighted by Crippen LogP contribution is 2.20. The number of benzene rings is 1. The van der Waals surface area contributed by atoms with E-state index in [9.17, 15) is 9.59 Å². The van der Waals surface area contributed by atoms with Crippen LogP contribution < -0.4 is 0 Å². The van der Waals surface area contributed by atoms with Crippen LogP contribution in [0.1, 0.15) is 12.0 Å². The first kappa shape index (κ1) is 11.6. The molecule has 4 heteroatoms. The normalized spacial score (nSPS) is 15.4. The molecule has 1 aromatic rings. The topological polar surface area (TPSA) is 57.6 Å². The molecule has 0 bridgehead atoms. The SMILES string of the molecule is O=C(O)CC1CN(C(=O)Cc2ccccc2)C1. The Kier molecular flexibility index (Phi) is 3.42. The number of carbonyl (C=O) groups is 2. The van der Waals surface area contributed by atoms with Crippen molar-refractivity contribution in [2.75, 3.05) is 13.1 Å². The molecule has 1 aliphatic rings. The van der Waals surface area contributed by atoms with E-state index in [2.05, 4.69) is 0 Å². The van der Waals surface area contributed by atoms with Crippen LogP contribution in [-0.4, -0.2) is 35.0 Å². The van der Waals surface area contributed by atoms with Crippen molar-refractivity contribution in [2.45, 2.75) is 12.8 Å². The van der Waals surface area contributed by atoms with Crippen molar-refractivity contribution in [1.82, 2.24) is 4.90 Å². The van der Waals surface area contributed by atoms with Crippen molar-refractivity contribution in [1.29, 1.82) is 0 Å². The van der Waals surface area contributed by atoms with Gasteiger partial charge >= 0.3 is 5.97 Å². The van der Waals surface area contributed by atoms with Gasteiger partial charge in [0.1, 0.15) is 0 Å². The summed E-state index contributed by atoms with van der Waals surface area (Å²) in [7, 11) is 0. The second-order valence-corrected chi connectivity index (χ2v) is 4.42. The molecule has 1 fully saturated rings. The number of hydrogen-bond acceptors (Lipinski definition) is 2. The molecule has 1 aliphatic heterocycles. The molecule has 2 rings (SSSR count). The second kappa shape index (κ2) is 4.99. The highest BCUT2D eigenvalue weighted by molar-refractivity contribution is 5.79. The summed E-state index contributed by atoms with van der Waals surface area (Å²) in [4.78, 5) is 24.0. The largest absolute Gasteiger partial charge is 0.481 e. The first-order chi connectivity index (χ1) is 8.15. The number of nitrogens with zero attached hydrogens (tertiary/aromatic N) is 1. The molecule has 1 saturated heterocycles. The van der Waals surface area contributed by atoms with Crippen molar-refractivity contribution >= 4 is 11.9 Å². The van der Waals surface area contributed by atoms with E-state index < -0.39 is 5.97 Å². The Morgan fingerprint density at radius 2 is 1.88 bits per heavy atom. The van der Waals surface area contributed by atoms with Crippen LogP contribution in [0.5, 0.6) is 0 Å². The first-order valence-corrected chi connectivity index (χ1v) is 5.68. The fourth-order valence-electron chi connectivity index (χ4n) is 2.03. The van der Waals surface area contributed by atoms with Crippen molar-refractivity contribution in [2.24, 2.45) is 5.92 Å². The third-order valence-corrected chi connectivity index (χ3v) is 2.97. The van der Waals surface area contributed by atoms with Crippen LogP contribution in [0.15, 0.2) is 30.3 Å². The molecular formula is C13H15NO3. The zero-order chi connectivity index (χ0) is 12.3. The van der Waals surface area contributed by atoms with Gasteiger partial charge in [-0.1, -0.05) is 30.3 Å². The average Bonchev–Trinajstić information content (AvgIpc) is 2.23. The quantitative estimate of drug-likeness (QED) is 0.849. The summed E-state index contributed by atoms with van der Waals surface area (Å²) in [5.41, 5.74) is 0.999. The van der Waals surface area contributed by atoms with Crippen molar-refractivity contribution < 1.29 is 14.7 Å². The molecule has 0 aliphatic carbocycles. The maximum atomic E-state index is 11.8. The predicted octanol–water partition coefficient (Wildman–Crippen LogP) is 1.16. The van der Waals surface area contributed by atoms with Gasteiger partial charge in [0.15, 0.2) is 0 Å². The first-order valence-electron chi connectivity index (χ1n) is 5.68. The zero-order valence-electron chi connectivity index (χ0n) is 9.50. The summed E-state index contributed by atoms with van der Waals surface area (Å²) < 4.78 is 0. The van der Waals surface area contributed by atoms with E-state index in [1.807, 2.05) is 30.3 Å². The third-order valence-electron chi connectivity index (χ3n) is 2.97. The second-order valence-electron chi connectivity index (χ2n) is 4.42.